The number of para-hydroxylation sites is 1. The first kappa shape index (κ1) is 20.8. The monoisotopic (exact) mass is 420 g/mol. The third-order valence-corrected chi connectivity index (χ3v) is 8.47. The molecule has 2 saturated heterocycles. The van der Waals surface area contributed by atoms with Crippen molar-refractivity contribution >= 4 is 21.1 Å². The van der Waals surface area contributed by atoms with Gasteiger partial charge in [0.1, 0.15) is 0 Å². The Balaban J connectivity index is 1.37. The molecule has 0 radical (unpaired) electrons. The van der Waals surface area contributed by atoms with Gasteiger partial charge in [-0.2, -0.15) is 17.0 Å². The van der Waals surface area contributed by atoms with E-state index >= 15 is 0 Å². The maximum absolute atomic E-state index is 12.9. The summed E-state index contributed by atoms with van der Waals surface area (Å²) in [5.41, 5.74) is 2.96. The summed E-state index contributed by atoms with van der Waals surface area (Å²) in [7, 11) is -3.37. The summed E-state index contributed by atoms with van der Waals surface area (Å²) in [6, 6.07) is 8.01. The lowest BCUT2D eigenvalue weighted by Gasteiger charge is -2.39. The van der Waals surface area contributed by atoms with Crippen molar-refractivity contribution in [1.29, 1.82) is 0 Å². The van der Waals surface area contributed by atoms with Gasteiger partial charge < -0.3 is 10.1 Å². The second kappa shape index (κ2) is 8.35. The Morgan fingerprint density at radius 3 is 2.38 bits per heavy atom. The van der Waals surface area contributed by atoms with E-state index in [0.717, 1.165) is 35.0 Å². The van der Waals surface area contributed by atoms with E-state index in [2.05, 4.69) is 16.8 Å². The van der Waals surface area contributed by atoms with Gasteiger partial charge in [-0.3, -0.25) is 4.90 Å². The van der Waals surface area contributed by atoms with Crippen LogP contribution in [0.4, 0.5) is 0 Å². The van der Waals surface area contributed by atoms with E-state index in [1.54, 1.807) is 8.61 Å². The van der Waals surface area contributed by atoms with Gasteiger partial charge in [0.25, 0.3) is 10.2 Å². The average molecular weight is 421 g/mol. The van der Waals surface area contributed by atoms with E-state index in [1.807, 2.05) is 31.2 Å². The molecule has 0 bridgehead atoms. The molecule has 2 aromatic rings. The van der Waals surface area contributed by atoms with Crippen LogP contribution in [0.1, 0.15) is 37.1 Å². The van der Waals surface area contributed by atoms with Crippen LogP contribution in [0.15, 0.2) is 24.3 Å². The molecule has 3 heterocycles. The molecule has 160 valence electrons. The Labute approximate surface area is 173 Å². The molecule has 1 aromatic carbocycles. The minimum Gasteiger partial charge on any atom is -0.387 e. The van der Waals surface area contributed by atoms with E-state index < -0.39 is 16.3 Å². The Hall–Kier alpha value is -1.45. The van der Waals surface area contributed by atoms with Crippen LogP contribution in [0, 0.1) is 12.8 Å². The first-order valence-corrected chi connectivity index (χ1v) is 12.0. The number of fused-ring (bicyclic) bond motifs is 1. The maximum Gasteiger partial charge on any atom is 0.282 e. The van der Waals surface area contributed by atoms with Crippen LogP contribution in [0.3, 0.4) is 0 Å². The molecule has 0 aliphatic carbocycles. The summed E-state index contributed by atoms with van der Waals surface area (Å²) in [5, 5.41) is 11.9. The molecule has 2 aliphatic rings. The van der Waals surface area contributed by atoms with Crippen LogP contribution >= 0.6 is 0 Å². The summed E-state index contributed by atoms with van der Waals surface area (Å²) in [5.74, 6) is 0.604. The van der Waals surface area contributed by atoms with Crippen LogP contribution in [0.2, 0.25) is 0 Å². The number of aliphatic hydroxyl groups is 1. The number of nitrogens with one attached hydrogen (secondary N) is 1. The van der Waals surface area contributed by atoms with Gasteiger partial charge in [-0.1, -0.05) is 25.1 Å². The van der Waals surface area contributed by atoms with Gasteiger partial charge in [-0.15, -0.1) is 0 Å². The van der Waals surface area contributed by atoms with Crippen LogP contribution in [-0.4, -0.2) is 77.8 Å². The maximum atomic E-state index is 12.9. The first-order valence-electron chi connectivity index (χ1n) is 10.6. The molecule has 0 spiro atoms. The van der Waals surface area contributed by atoms with E-state index in [9.17, 15) is 13.5 Å². The lowest BCUT2D eigenvalue weighted by atomic mass is 10.0. The van der Waals surface area contributed by atoms with E-state index in [4.69, 9.17) is 0 Å². The van der Waals surface area contributed by atoms with Gasteiger partial charge >= 0.3 is 0 Å². The quantitative estimate of drug-likeness (QED) is 0.776. The highest BCUT2D eigenvalue weighted by atomic mass is 32.2. The van der Waals surface area contributed by atoms with Crippen molar-refractivity contribution in [3.8, 4) is 0 Å². The fourth-order valence-corrected chi connectivity index (χ4v) is 6.21. The Bertz CT molecular complexity index is 942. The van der Waals surface area contributed by atoms with Crippen LogP contribution in [0.5, 0.6) is 0 Å². The predicted molar refractivity (Wildman–Crippen MR) is 115 cm³/mol. The van der Waals surface area contributed by atoms with Crippen molar-refractivity contribution in [3.05, 3.63) is 35.5 Å². The van der Waals surface area contributed by atoms with Gasteiger partial charge in [0.2, 0.25) is 0 Å². The molecule has 1 aromatic heterocycles. The molecular weight excluding hydrogens is 388 g/mol. The summed E-state index contributed by atoms with van der Waals surface area (Å²) in [4.78, 5) is 5.50. The minimum absolute atomic E-state index is 0.480. The van der Waals surface area contributed by atoms with Gasteiger partial charge in [0.05, 0.1) is 6.10 Å². The third-order valence-electron chi connectivity index (χ3n) is 6.43. The highest BCUT2D eigenvalue weighted by molar-refractivity contribution is 7.86. The first-order chi connectivity index (χ1) is 13.9. The molecule has 7 nitrogen and oxygen atoms in total. The number of β-amino-alcohol motifs (C(OH)–C–C–N with tert-alkyl or cyclic N) is 1. The number of benzene rings is 1. The molecule has 2 fully saturated rings. The zero-order valence-corrected chi connectivity index (χ0v) is 18.2. The largest absolute Gasteiger partial charge is 0.387 e. The van der Waals surface area contributed by atoms with Crippen LogP contribution < -0.4 is 0 Å². The highest BCUT2D eigenvalue weighted by Gasteiger charge is 2.34. The van der Waals surface area contributed by atoms with Gasteiger partial charge in [-0.25, -0.2) is 0 Å². The molecule has 0 amide bonds. The standard InChI is InChI=1S/C21H32N4O3S/c1-16-7-9-24(10-8-16)29(27,28)25-13-11-23(12-14-25)15-20(26)21-17(2)22-19-6-4-3-5-18(19)21/h3-6,16,20,22,26H,7-15H2,1-2H3. The molecule has 0 saturated carbocycles. The minimum atomic E-state index is -3.37. The second-order valence-corrected chi connectivity index (χ2v) is 10.4. The number of aliphatic hydroxyl groups excluding tert-OH is 1. The highest BCUT2D eigenvalue weighted by Crippen LogP contribution is 2.29. The number of piperidine rings is 1. The summed E-state index contributed by atoms with van der Waals surface area (Å²) < 4.78 is 29.1. The Morgan fingerprint density at radius 2 is 1.69 bits per heavy atom. The number of rotatable bonds is 5. The molecule has 1 unspecified atom stereocenters. The fourth-order valence-electron chi connectivity index (χ4n) is 4.59. The molecule has 1 atom stereocenters. The predicted octanol–water partition coefficient (Wildman–Crippen LogP) is 2.10. The number of aromatic amines is 1. The van der Waals surface area contributed by atoms with Crippen molar-refractivity contribution in [2.24, 2.45) is 5.92 Å². The number of aromatic nitrogens is 1. The number of hydrogen-bond acceptors (Lipinski definition) is 4. The zero-order valence-electron chi connectivity index (χ0n) is 17.3. The molecule has 29 heavy (non-hydrogen) atoms. The summed E-state index contributed by atoms with van der Waals surface area (Å²) in [6.07, 6.45) is 1.28. The van der Waals surface area contributed by atoms with Gasteiger partial charge in [-0.05, 0) is 31.7 Å². The summed E-state index contributed by atoms with van der Waals surface area (Å²) in [6.45, 7) is 8.18. The Morgan fingerprint density at radius 1 is 1.07 bits per heavy atom. The van der Waals surface area contributed by atoms with E-state index in [0.29, 0.717) is 51.7 Å². The van der Waals surface area contributed by atoms with Crippen molar-refractivity contribution in [2.75, 3.05) is 45.8 Å². The van der Waals surface area contributed by atoms with Crippen molar-refractivity contribution in [1.82, 2.24) is 18.5 Å². The molecule has 4 rings (SSSR count). The topological polar surface area (TPSA) is 79.9 Å². The smallest absolute Gasteiger partial charge is 0.282 e. The van der Waals surface area contributed by atoms with Crippen molar-refractivity contribution < 1.29 is 13.5 Å². The third kappa shape index (κ3) is 4.22. The summed E-state index contributed by atoms with van der Waals surface area (Å²) >= 11 is 0. The number of H-pyrrole nitrogens is 1. The van der Waals surface area contributed by atoms with Crippen molar-refractivity contribution in [2.45, 2.75) is 32.8 Å². The zero-order chi connectivity index (χ0) is 20.6. The number of hydrogen-bond donors (Lipinski definition) is 2. The molecule has 2 N–H and O–H groups in total. The SMILES string of the molecule is Cc1[nH]c2ccccc2c1C(O)CN1CCN(S(=O)(=O)N2CCC(C)CC2)CC1. The van der Waals surface area contributed by atoms with Gasteiger partial charge in [0, 0.05) is 68.0 Å². The lowest BCUT2D eigenvalue weighted by molar-refractivity contribution is 0.0907. The van der Waals surface area contributed by atoms with Crippen LogP contribution in [-0.2, 0) is 10.2 Å². The number of piperazine rings is 1. The fraction of sp³-hybridized carbons (Fsp3) is 0.619. The van der Waals surface area contributed by atoms with Crippen LogP contribution in [0.25, 0.3) is 10.9 Å². The normalized spacial score (nSPS) is 22.3. The average Bonchev–Trinajstić information content (AvgIpc) is 3.04. The Kier molecular flexibility index (Phi) is 5.99. The number of aryl methyl sites for hydroxylation is 1. The van der Waals surface area contributed by atoms with Crippen molar-refractivity contribution in [3.63, 3.8) is 0 Å². The van der Waals surface area contributed by atoms with E-state index in [1.165, 1.54) is 0 Å². The second-order valence-electron chi connectivity index (χ2n) is 8.51. The van der Waals surface area contributed by atoms with E-state index in [-0.39, 0.29) is 0 Å². The molecule has 8 heteroatoms. The van der Waals surface area contributed by atoms with Gasteiger partial charge in [0.15, 0.2) is 0 Å². The molecule has 2 aliphatic heterocycles. The lowest BCUT2D eigenvalue weighted by Crippen LogP contribution is -2.54. The number of nitrogens with zero attached hydrogens (tertiary/aromatic N) is 3. The molecular formula is C21H32N4O3S.